The van der Waals surface area contributed by atoms with Crippen LogP contribution in [-0.4, -0.2) is 87.5 Å². The van der Waals surface area contributed by atoms with E-state index in [9.17, 15) is 19.5 Å². The number of carbonyl (C=O) groups excluding carboxylic acids is 3. The molecule has 0 aromatic heterocycles. The smallest absolute Gasteiger partial charge is 0.249 e. The van der Waals surface area contributed by atoms with Gasteiger partial charge in [0.25, 0.3) is 0 Å². The molecule has 0 saturated carbocycles. The Labute approximate surface area is 286 Å². The van der Waals surface area contributed by atoms with Crippen LogP contribution in [0.25, 0.3) is 0 Å². The van der Waals surface area contributed by atoms with E-state index in [2.05, 4.69) is 29.1 Å². The highest BCUT2D eigenvalue weighted by molar-refractivity contribution is 9.09. The molecule has 3 saturated heterocycles. The van der Waals surface area contributed by atoms with Crippen molar-refractivity contribution in [2.24, 2.45) is 17.8 Å². The molecular formula is C37H46BrN3O6. The van der Waals surface area contributed by atoms with Gasteiger partial charge in [0.15, 0.2) is 0 Å². The maximum Gasteiger partial charge on any atom is 0.249 e. The maximum atomic E-state index is 14.8. The van der Waals surface area contributed by atoms with E-state index >= 15 is 0 Å². The van der Waals surface area contributed by atoms with Gasteiger partial charge in [-0.15, -0.1) is 13.2 Å². The largest absolute Gasteiger partial charge is 0.494 e. The van der Waals surface area contributed by atoms with E-state index < -0.39 is 35.6 Å². The van der Waals surface area contributed by atoms with Gasteiger partial charge in [0, 0.05) is 30.1 Å². The van der Waals surface area contributed by atoms with Crippen molar-refractivity contribution in [3.05, 3.63) is 85.5 Å². The summed E-state index contributed by atoms with van der Waals surface area (Å²) in [6, 6.07) is 15.3. The number of aliphatic hydroxyl groups is 1. The predicted molar refractivity (Wildman–Crippen MR) is 185 cm³/mol. The van der Waals surface area contributed by atoms with Crippen LogP contribution < -0.4 is 9.64 Å². The molecule has 0 radical (unpaired) electrons. The molecular weight excluding hydrogens is 662 g/mol. The Balaban J connectivity index is 1.58. The number of benzene rings is 2. The highest BCUT2D eigenvalue weighted by Gasteiger charge is 2.77. The number of hydrogen-bond acceptors (Lipinski definition) is 6. The number of ether oxygens (including phenoxy) is 2. The molecule has 3 amide bonds. The molecule has 3 fully saturated rings. The molecule has 252 valence electrons. The van der Waals surface area contributed by atoms with Gasteiger partial charge in [0.05, 0.1) is 37.2 Å². The average Bonchev–Trinajstić information content (AvgIpc) is 3.66. The number of carbonyl (C=O) groups is 3. The van der Waals surface area contributed by atoms with Crippen molar-refractivity contribution >= 4 is 39.3 Å². The lowest BCUT2D eigenvalue weighted by Gasteiger charge is -2.40. The van der Waals surface area contributed by atoms with Crippen LogP contribution in [0.15, 0.2) is 79.9 Å². The first-order valence-electron chi connectivity index (χ1n) is 16.4. The van der Waals surface area contributed by atoms with Gasteiger partial charge in [-0.05, 0) is 55.5 Å². The molecule has 1 spiro atoms. The summed E-state index contributed by atoms with van der Waals surface area (Å²) in [5.74, 6) is -1.81. The summed E-state index contributed by atoms with van der Waals surface area (Å²) in [4.78, 5) is 48.9. The average molecular weight is 709 g/mol. The zero-order valence-electron chi connectivity index (χ0n) is 27.5. The molecule has 7 atom stereocenters. The lowest BCUT2D eigenvalue weighted by atomic mass is 9.70. The van der Waals surface area contributed by atoms with E-state index in [-0.39, 0.29) is 48.2 Å². The number of rotatable bonds is 15. The third-order valence-electron chi connectivity index (χ3n) is 9.51. The highest BCUT2D eigenvalue weighted by atomic mass is 79.9. The first-order chi connectivity index (χ1) is 22.6. The van der Waals surface area contributed by atoms with Crippen LogP contribution in [-0.2, 0) is 25.7 Å². The molecule has 3 aliphatic heterocycles. The van der Waals surface area contributed by atoms with Gasteiger partial charge in [-0.1, -0.05) is 72.3 Å². The molecule has 3 heterocycles. The topological polar surface area (TPSA) is 99.6 Å². The number of halogens is 1. The summed E-state index contributed by atoms with van der Waals surface area (Å²) in [6.07, 6.45) is 3.57. The second kappa shape index (κ2) is 14.7. The standard InChI is InChI=1S/C37H46BrN3O6/c1-6-18-39(22-25-12-10-9-11-13-25)36(45)33-37-21-29(38)32(47-37)30(31(37)35(44)41(33)27(23-42)20-24(4)5)34(43)40(19-7-2)26-14-16-28(17-15-26)46-8-3/h6-7,9-17,24,27,29-33,42H,1-2,8,18-23H2,3-5H3/t27-,29?,30+,31+,32+,33?,37?/m1/s1. The highest BCUT2D eigenvalue weighted by Crippen LogP contribution is 2.61. The van der Waals surface area contributed by atoms with Crippen molar-refractivity contribution in [2.75, 3.05) is 31.2 Å². The summed E-state index contributed by atoms with van der Waals surface area (Å²) >= 11 is 3.79. The lowest BCUT2D eigenvalue weighted by molar-refractivity contribution is -0.151. The van der Waals surface area contributed by atoms with E-state index in [0.29, 0.717) is 37.4 Å². The molecule has 2 bridgehead atoms. The molecule has 47 heavy (non-hydrogen) atoms. The fraction of sp³-hybridized carbons (Fsp3) is 0.486. The molecule has 0 aliphatic carbocycles. The van der Waals surface area contributed by atoms with Crippen molar-refractivity contribution in [1.82, 2.24) is 9.80 Å². The summed E-state index contributed by atoms with van der Waals surface area (Å²) in [5, 5.41) is 10.7. The number of likely N-dealkylation sites (tertiary alicyclic amines) is 1. The third-order valence-corrected chi connectivity index (χ3v) is 10.4. The third kappa shape index (κ3) is 6.52. The van der Waals surface area contributed by atoms with Crippen LogP contribution in [0.5, 0.6) is 5.75 Å². The van der Waals surface area contributed by atoms with Crippen LogP contribution in [0.2, 0.25) is 0 Å². The van der Waals surface area contributed by atoms with Gasteiger partial charge >= 0.3 is 0 Å². The Hall–Kier alpha value is -3.47. The normalized spacial score (nSPS) is 26.6. The number of nitrogens with zero attached hydrogens (tertiary/aromatic N) is 3. The zero-order chi connectivity index (χ0) is 33.9. The number of anilines is 1. The van der Waals surface area contributed by atoms with Crippen LogP contribution in [0.1, 0.15) is 39.2 Å². The second-order valence-corrected chi connectivity index (χ2v) is 14.2. The van der Waals surface area contributed by atoms with E-state index in [0.717, 1.165) is 5.56 Å². The zero-order valence-corrected chi connectivity index (χ0v) is 29.1. The SMILES string of the molecule is C=CCN(Cc1ccccc1)C(=O)C1N([C@@H](CO)CC(C)C)C(=O)[C@@H]2[C@H](C(=O)N(CC=C)c3ccc(OCC)cc3)[C@H]3OC12CC3Br. The van der Waals surface area contributed by atoms with Gasteiger partial charge in [-0.25, -0.2) is 0 Å². The Bertz CT molecular complexity index is 1450. The maximum absolute atomic E-state index is 14.8. The first-order valence-corrected chi connectivity index (χ1v) is 17.4. The Morgan fingerprint density at radius 3 is 2.38 bits per heavy atom. The number of fused-ring (bicyclic) bond motifs is 1. The fourth-order valence-corrected chi connectivity index (χ4v) is 8.67. The number of alkyl halides is 1. The Morgan fingerprint density at radius 2 is 1.79 bits per heavy atom. The molecule has 2 aromatic carbocycles. The fourth-order valence-electron chi connectivity index (χ4n) is 7.73. The van der Waals surface area contributed by atoms with Gasteiger partial charge in [0.1, 0.15) is 17.4 Å². The van der Waals surface area contributed by atoms with E-state index in [4.69, 9.17) is 9.47 Å². The Kier molecular flexibility index (Phi) is 10.9. The molecule has 5 rings (SSSR count). The van der Waals surface area contributed by atoms with Crippen LogP contribution >= 0.6 is 15.9 Å². The van der Waals surface area contributed by atoms with Crippen LogP contribution in [0.4, 0.5) is 5.69 Å². The monoisotopic (exact) mass is 707 g/mol. The van der Waals surface area contributed by atoms with Crippen molar-refractivity contribution < 1.29 is 29.0 Å². The second-order valence-electron chi connectivity index (χ2n) is 13.0. The predicted octanol–water partition coefficient (Wildman–Crippen LogP) is 4.97. The molecule has 3 unspecified atom stereocenters. The van der Waals surface area contributed by atoms with Gasteiger partial charge in [0.2, 0.25) is 17.7 Å². The molecule has 1 N–H and O–H groups in total. The molecule has 3 aliphatic rings. The van der Waals surface area contributed by atoms with Crippen molar-refractivity contribution in [2.45, 2.75) is 68.8 Å². The minimum Gasteiger partial charge on any atom is -0.494 e. The quantitative estimate of drug-likeness (QED) is 0.207. The van der Waals surface area contributed by atoms with Gasteiger partial charge in [-0.2, -0.15) is 0 Å². The lowest BCUT2D eigenvalue weighted by Crippen LogP contribution is -2.59. The summed E-state index contributed by atoms with van der Waals surface area (Å²) in [7, 11) is 0. The summed E-state index contributed by atoms with van der Waals surface area (Å²) < 4.78 is 12.4. The van der Waals surface area contributed by atoms with Crippen molar-refractivity contribution in [3.63, 3.8) is 0 Å². The van der Waals surface area contributed by atoms with Crippen LogP contribution in [0, 0.1) is 17.8 Å². The minimum atomic E-state index is -1.26. The number of aliphatic hydroxyl groups excluding tert-OH is 1. The van der Waals surface area contributed by atoms with E-state index in [1.165, 1.54) is 0 Å². The van der Waals surface area contributed by atoms with Gasteiger partial charge in [-0.3, -0.25) is 14.4 Å². The van der Waals surface area contributed by atoms with Crippen molar-refractivity contribution in [1.29, 1.82) is 0 Å². The molecule has 9 nitrogen and oxygen atoms in total. The number of amides is 3. The summed E-state index contributed by atoms with van der Waals surface area (Å²) in [5.41, 5.74) is 0.322. The molecule has 2 aromatic rings. The number of hydrogen-bond donors (Lipinski definition) is 1. The summed E-state index contributed by atoms with van der Waals surface area (Å²) in [6.45, 7) is 14.7. The first kappa shape index (κ1) is 34.9. The van der Waals surface area contributed by atoms with E-state index in [1.807, 2.05) is 75.4 Å². The molecule has 10 heteroatoms. The van der Waals surface area contributed by atoms with Crippen LogP contribution in [0.3, 0.4) is 0 Å². The Morgan fingerprint density at radius 1 is 1.11 bits per heavy atom. The van der Waals surface area contributed by atoms with E-state index in [1.54, 1.807) is 26.9 Å². The van der Waals surface area contributed by atoms with Crippen molar-refractivity contribution in [3.8, 4) is 5.75 Å². The minimum absolute atomic E-state index is 0.142. The van der Waals surface area contributed by atoms with Gasteiger partial charge < -0.3 is 29.3 Å².